The first kappa shape index (κ1) is 14.0. The summed E-state index contributed by atoms with van der Waals surface area (Å²) in [6.45, 7) is 1.53. The Balaban J connectivity index is 1.36. The summed E-state index contributed by atoms with van der Waals surface area (Å²) in [5.41, 5.74) is 1.20. The number of carbonyl (C=O) groups is 1. The van der Waals surface area contributed by atoms with Gasteiger partial charge in [-0.2, -0.15) is 0 Å². The van der Waals surface area contributed by atoms with Crippen molar-refractivity contribution in [3.05, 3.63) is 40.1 Å². The molecule has 2 aliphatic rings. The maximum absolute atomic E-state index is 12.3. The third kappa shape index (κ3) is 2.68. The number of imidazole rings is 1. The summed E-state index contributed by atoms with van der Waals surface area (Å²) in [4.78, 5) is 18.0. The normalized spacial score (nSPS) is 23.6. The highest BCUT2D eigenvalue weighted by molar-refractivity contribution is 7.10. The van der Waals surface area contributed by atoms with Gasteiger partial charge in [0.25, 0.3) is 0 Å². The van der Waals surface area contributed by atoms with Crippen LogP contribution < -0.4 is 5.32 Å². The van der Waals surface area contributed by atoms with Gasteiger partial charge in [-0.25, -0.2) is 4.98 Å². The monoisotopic (exact) mass is 317 g/mol. The largest absolute Gasteiger partial charge is 0.373 e. The Bertz CT molecular complexity index is 678. The number of aryl methyl sites for hydroxylation is 1. The molecule has 0 bridgehead atoms. The highest BCUT2D eigenvalue weighted by Gasteiger charge is 2.26. The second-order valence-corrected chi connectivity index (χ2v) is 6.91. The molecule has 4 heterocycles. The Labute approximate surface area is 133 Å². The van der Waals surface area contributed by atoms with Gasteiger partial charge in [0, 0.05) is 42.7 Å². The van der Waals surface area contributed by atoms with Gasteiger partial charge < -0.3 is 14.6 Å². The van der Waals surface area contributed by atoms with E-state index in [9.17, 15) is 4.79 Å². The number of aromatic nitrogens is 2. The first-order valence-corrected chi connectivity index (χ1v) is 8.65. The zero-order valence-electron chi connectivity index (χ0n) is 12.3. The molecule has 0 aromatic carbocycles. The van der Waals surface area contributed by atoms with E-state index in [4.69, 9.17) is 4.74 Å². The summed E-state index contributed by atoms with van der Waals surface area (Å²) in [7, 11) is 0. The van der Waals surface area contributed by atoms with E-state index in [2.05, 4.69) is 26.3 Å². The first-order chi connectivity index (χ1) is 10.8. The minimum Gasteiger partial charge on any atom is -0.373 e. The molecular weight excluding hydrogens is 298 g/mol. The van der Waals surface area contributed by atoms with Gasteiger partial charge in [-0.3, -0.25) is 4.79 Å². The van der Waals surface area contributed by atoms with Crippen molar-refractivity contribution in [2.24, 2.45) is 0 Å². The van der Waals surface area contributed by atoms with Crippen molar-refractivity contribution < 1.29 is 9.53 Å². The number of rotatable bonds is 3. The fourth-order valence-electron chi connectivity index (χ4n) is 3.33. The Hall–Kier alpha value is -1.66. The lowest BCUT2D eigenvalue weighted by Crippen LogP contribution is -2.41. The molecule has 116 valence electrons. The first-order valence-electron chi connectivity index (χ1n) is 7.77. The van der Waals surface area contributed by atoms with Crippen molar-refractivity contribution in [2.45, 2.75) is 44.4 Å². The van der Waals surface area contributed by atoms with Crippen LogP contribution in [0.1, 0.15) is 35.2 Å². The summed E-state index contributed by atoms with van der Waals surface area (Å²) < 4.78 is 7.92. The second-order valence-electron chi connectivity index (χ2n) is 5.91. The molecule has 0 unspecified atom stereocenters. The Kier molecular flexibility index (Phi) is 3.72. The predicted octanol–water partition coefficient (Wildman–Crippen LogP) is 2.08. The molecule has 2 atom stereocenters. The average Bonchev–Trinajstić information content (AvgIpc) is 3.15. The van der Waals surface area contributed by atoms with Gasteiger partial charge in [-0.05, 0) is 23.4 Å². The molecule has 4 rings (SSSR count). The number of hydrogen-bond donors (Lipinski definition) is 1. The molecule has 0 radical (unpaired) electrons. The van der Waals surface area contributed by atoms with Gasteiger partial charge >= 0.3 is 0 Å². The molecule has 1 amide bonds. The fraction of sp³-hybridized carbons (Fsp3) is 0.500. The minimum absolute atomic E-state index is 0.0811. The van der Waals surface area contributed by atoms with Gasteiger partial charge in [0.1, 0.15) is 5.82 Å². The van der Waals surface area contributed by atoms with Crippen molar-refractivity contribution in [1.29, 1.82) is 0 Å². The van der Waals surface area contributed by atoms with Crippen LogP contribution in [0.15, 0.2) is 23.8 Å². The van der Waals surface area contributed by atoms with Crippen LogP contribution in [0.5, 0.6) is 0 Å². The van der Waals surface area contributed by atoms with Crippen LogP contribution in [0.2, 0.25) is 0 Å². The lowest BCUT2D eigenvalue weighted by atomic mass is 10.0. The number of amides is 1. The van der Waals surface area contributed by atoms with Crippen LogP contribution in [-0.4, -0.2) is 28.1 Å². The zero-order chi connectivity index (χ0) is 14.9. The molecular formula is C16H19N3O2S. The SMILES string of the molecule is O=C(C[C@@H]1OCCc2sccc21)N[C@H]1CCc2nccn2C1. The molecule has 2 aromatic heterocycles. The van der Waals surface area contributed by atoms with Gasteiger partial charge in [0.15, 0.2) is 0 Å². The lowest BCUT2D eigenvalue weighted by Gasteiger charge is -2.27. The molecule has 6 heteroatoms. The predicted molar refractivity (Wildman–Crippen MR) is 83.8 cm³/mol. The molecule has 0 fully saturated rings. The van der Waals surface area contributed by atoms with Gasteiger partial charge in [0.2, 0.25) is 5.91 Å². The van der Waals surface area contributed by atoms with Crippen molar-refractivity contribution in [3.63, 3.8) is 0 Å². The van der Waals surface area contributed by atoms with E-state index in [-0.39, 0.29) is 18.1 Å². The Morgan fingerprint density at radius 3 is 3.41 bits per heavy atom. The summed E-state index contributed by atoms with van der Waals surface area (Å²) in [5.74, 6) is 1.20. The quantitative estimate of drug-likeness (QED) is 0.943. The Morgan fingerprint density at radius 1 is 1.50 bits per heavy atom. The Morgan fingerprint density at radius 2 is 2.45 bits per heavy atom. The number of carbonyl (C=O) groups excluding carboxylic acids is 1. The van der Waals surface area contributed by atoms with Crippen molar-refractivity contribution in [2.75, 3.05) is 6.61 Å². The maximum Gasteiger partial charge on any atom is 0.223 e. The number of thiophene rings is 1. The third-order valence-electron chi connectivity index (χ3n) is 4.45. The van der Waals surface area contributed by atoms with E-state index in [1.54, 1.807) is 11.3 Å². The smallest absolute Gasteiger partial charge is 0.223 e. The van der Waals surface area contributed by atoms with Gasteiger partial charge in [-0.15, -0.1) is 11.3 Å². The van der Waals surface area contributed by atoms with E-state index in [1.165, 1.54) is 10.4 Å². The molecule has 0 saturated heterocycles. The van der Waals surface area contributed by atoms with Gasteiger partial charge in [0.05, 0.1) is 19.1 Å². The molecule has 0 spiro atoms. The van der Waals surface area contributed by atoms with Crippen LogP contribution in [0.4, 0.5) is 0 Å². The standard InChI is InChI=1S/C16H19N3O2S/c20-16(9-13-12-4-8-22-14(12)3-7-21-13)18-11-1-2-15-17-5-6-19(15)10-11/h4-6,8,11,13H,1-3,7,9-10H2,(H,18,20)/t11-,13-/m0/s1. The van der Waals surface area contributed by atoms with Crippen LogP contribution >= 0.6 is 11.3 Å². The van der Waals surface area contributed by atoms with Crippen molar-refractivity contribution in [1.82, 2.24) is 14.9 Å². The molecule has 5 nitrogen and oxygen atoms in total. The molecule has 0 saturated carbocycles. The number of nitrogens with zero attached hydrogens (tertiary/aromatic N) is 2. The molecule has 2 aromatic rings. The summed E-state index contributed by atoms with van der Waals surface area (Å²) in [6, 6.07) is 2.29. The number of fused-ring (bicyclic) bond motifs is 2. The van der Waals surface area contributed by atoms with E-state index < -0.39 is 0 Å². The maximum atomic E-state index is 12.3. The number of hydrogen-bond acceptors (Lipinski definition) is 4. The van der Waals surface area contributed by atoms with Crippen molar-refractivity contribution >= 4 is 17.2 Å². The molecule has 1 N–H and O–H groups in total. The van der Waals surface area contributed by atoms with Crippen molar-refractivity contribution in [3.8, 4) is 0 Å². The third-order valence-corrected chi connectivity index (χ3v) is 5.44. The van der Waals surface area contributed by atoms with E-state index in [1.807, 2.05) is 12.4 Å². The van der Waals surface area contributed by atoms with E-state index in [0.717, 1.165) is 31.6 Å². The van der Waals surface area contributed by atoms with Crippen LogP contribution in [0.3, 0.4) is 0 Å². The molecule has 22 heavy (non-hydrogen) atoms. The van der Waals surface area contributed by atoms with Crippen LogP contribution in [-0.2, 0) is 28.9 Å². The number of ether oxygens (including phenoxy) is 1. The minimum atomic E-state index is -0.0811. The topological polar surface area (TPSA) is 56.1 Å². The fourth-order valence-corrected chi connectivity index (χ4v) is 4.25. The highest BCUT2D eigenvalue weighted by atomic mass is 32.1. The second kappa shape index (κ2) is 5.85. The van der Waals surface area contributed by atoms with E-state index in [0.29, 0.717) is 13.0 Å². The van der Waals surface area contributed by atoms with Gasteiger partial charge in [-0.1, -0.05) is 0 Å². The van der Waals surface area contributed by atoms with E-state index >= 15 is 0 Å². The highest BCUT2D eigenvalue weighted by Crippen LogP contribution is 2.33. The van der Waals surface area contributed by atoms with Crippen LogP contribution in [0, 0.1) is 0 Å². The summed E-state index contributed by atoms with van der Waals surface area (Å²) >= 11 is 1.76. The summed E-state index contributed by atoms with van der Waals surface area (Å²) in [6.07, 6.45) is 6.99. The lowest BCUT2D eigenvalue weighted by molar-refractivity contribution is -0.125. The van der Waals surface area contributed by atoms with Crippen LogP contribution in [0.25, 0.3) is 0 Å². The number of nitrogens with one attached hydrogen (secondary N) is 1. The zero-order valence-corrected chi connectivity index (χ0v) is 13.1. The average molecular weight is 317 g/mol. The molecule has 2 aliphatic heterocycles. The summed E-state index contributed by atoms with van der Waals surface area (Å²) in [5, 5.41) is 5.24. The molecule has 0 aliphatic carbocycles.